The lowest BCUT2D eigenvalue weighted by Gasteiger charge is -2.23. The fourth-order valence-corrected chi connectivity index (χ4v) is 2.87. The zero-order chi connectivity index (χ0) is 18.2. The predicted molar refractivity (Wildman–Crippen MR) is 94.3 cm³/mol. The van der Waals surface area contributed by atoms with Crippen LogP contribution in [0.1, 0.15) is 44.6 Å². The van der Waals surface area contributed by atoms with Gasteiger partial charge in [0, 0.05) is 11.1 Å². The van der Waals surface area contributed by atoms with Crippen LogP contribution in [0.25, 0.3) is 0 Å². The molecule has 136 valence electrons. The third-order valence-corrected chi connectivity index (χ3v) is 4.37. The average molecular weight is 367 g/mol. The van der Waals surface area contributed by atoms with Gasteiger partial charge in [0.05, 0.1) is 6.42 Å². The number of benzene rings is 1. The van der Waals surface area contributed by atoms with E-state index in [9.17, 15) is 14.4 Å². The number of imide groups is 1. The highest BCUT2D eigenvalue weighted by Crippen LogP contribution is 2.17. The molecule has 1 atom stereocenters. The van der Waals surface area contributed by atoms with E-state index in [0.717, 1.165) is 31.2 Å². The zero-order valence-electron chi connectivity index (χ0n) is 14.2. The molecule has 3 amide bonds. The van der Waals surface area contributed by atoms with Crippen LogP contribution in [0.3, 0.4) is 0 Å². The van der Waals surface area contributed by atoms with Crippen LogP contribution in [0.5, 0.6) is 0 Å². The lowest BCUT2D eigenvalue weighted by atomic mass is 9.96. The van der Waals surface area contributed by atoms with Gasteiger partial charge in [0.2, 0.25) is 0 Å². The molecule has 1 aromatic carbocycles. The quantitative estimate of drug-likeness (QED) is 0.784. The summed E-state index contributed by atoms with van der Waals surface area (Å²) in [5.74, 6) is -1.18. The Hall–Kier alpha value is -2.08. The SMILES string of the molecule is C[C@H](OC(=O)Cc1ccc(Cl)cc1)C(=O)NC(=O)NC1CCCCC1. The van der Waals surface area contributed by atoms with E-state index in [4.69, 9.17) is 16.3 Å². The fourth-order valence-electron chi connectivity index (χ4n) is 2.74. The summed E-state index contributed by atoms with van der Waals surface area (Å²) in [4.78, 5) is 35.7. The summed E-state index contributed by atoms with van der Waals surface area (Å²) >= 11 is 5.79. The summed E-state index contributed by atoms with van der Waals surface area (Å²) in [6, 6.07) is 6.34. The lowest BCUT2D eigenvalue weighted by Crippen LogP contribution is -2.48. The largest absolute Gasteiger partial charge is 0.452 e. The standard InChI is InChI=1S/C18H23ClN2O4/c1-12(25-16(22)11-13-7-9-14(19)10-8-13)17(23)21-18(24)20-15-5-3-2-4-6-15/h7-10,12,15H,2-6,11H2,1H3,(H2,20,21,23,24)/t12-/m0/s1. The van der Waals surface area contributed by atoms with Crippen LogP contribution in [0.4, 0.5) is 4.79 Å². The van der Waals surface area contributed by atoms with Gasteiger partial charge in [0.1, 0.15) is 0 Å². The molecule has 0 aromatic heterocycles. The topological polar surface area (TPSA) is 84.5 Å². The Balaban J connectivity index is 1.73. The van der Waals surface area contributed by atoms with Crippen LogP contribution in [-0.2, 0) is 20.7 Å². The van der Waals surface area contributed by atoms with Crippen molar-refractivity contribution in [1.29, 1.82) is 0 Å². The van der Waals surface area contributed by atoms with E-state index in [1.165, 1.54) is 13.3 Å². The molecular weight excluding hydrogens is 344 g/mol. The van der Waals surface area contributed by atoms with Crippen molar-refractivity contribution in [2.75, 3.05) is 0 Å². The normalized spacial score (nSPS) is 15.9. The fraction of sp³-hybridized carbons (Fsp3) is 0.500. The number of hydrogen-bond donors (Lipinski definition) is 2. The van der Waals surface area contributed by atoms with Crippen LogP contribution in [-0.4, -0.2) is 30.1 Å². The molecule has 7 heteroatoms. The molecule has 1 aromatic rings. The van der Waals surface area contributed by atoms with Crippen LogP contribution in [0.15, 0.2) is 24.3 Å². The molecular formula is C18H23ClN2O4. The molecule has 0 heterocycles. The van der Waals surface area contributed by atoms with Gasteiger partial charge in [-0.05, 0) is 37.5 Å². The molecule has 0 bridgehead atoms. The number of amides is 3. The molecule has 1 aliphatic carbocycles. The number of carbonyl (C=O) groups excluding carboxylic acids is 3. The van der Waals surface area contributed by atoms with Gasteiger partial charge in [-0.3, -0.25) is 14.9 Å². The van der Waals surface area contributed by atoms with Gasteiger partial charge in [-0.1, -0.05) is 43.0 Å². The Labute approximate surface area is 152 Å². The minimum Gasteiger partial charge on any atom is -0.452 e. The Morgan fingerprint density at radius 2 is 1.80 bits per heavy atom. The monoisotopic (exact) mass is 366 g/mol. The molecule has 2 N–H and O–H groups in total. The average Bonchev–Trinajstić information content (AvgIpc) is 2.57. The third-order valence-electron chi connectivity index (χ3n) is 4.12. The molecule has 1 fully saturated rings. The second-order valence-corrected chi connectivity index (χ2v) is 6.67. The van der Waals surface area contributed by atoms with E-state index < -0.39 is 24.0 Å². The van der Waals surface area contributed by atoms with E-state index in [1.54, 1.807) is 24.3 Å². The van der Waals surface area contributed by atoms with Crippen molar-refractivity contribution in [3.8, 4) is 0 Å². The number of ether oxygens (including phenoxy) is 1. The Morgan fingerprint density at radius 3 is 2.44 bits per heavy atom. The Kier molecular flexibility index (Phi) is 7.25. The first kappa shape index (κ1) is 19.2. The van der Waals surface area contributed by atoms with Crippen LogP contribution in [0, 0.1) is 0 Å². The van der Waals surface area contributed by atoms with Crippen LogP contribution < -0.4 is 10.6 Å². The van der Waals surface area contributed by atoms with Crippen molar-refractivity contribution in [3.63, 3.8) is 0 Å². The van der Waals surface area contributed by atoms with Crippen molar-refractivity contribution in [1.82, 2.24) is 10.6 Å². The molecule has 0 spiro atoms. The molecule has 1 saturated carbocycles. The van der Waals surface area contributed by atoms with Crippen LogP contribution >= 0.6 is 11.6 Å². The van der Waals surface area contributed by atoms with Gasteiger partial charge in [0.15, 0.2) is 6.10 Å². The van der Waals surface area contributed by atoms with E-state index >= 15 is 0 Å². The molecule has 2 rings (SSSR count). The minimum atomic E-state index is -1.04. The number of esters is 1. The second-order valence-electron chi connectivity index (χ2n) is 6.23. The van der Waals surface area contributed by atoms with Gasteiger partial charge in [-0.15, -0.1) is 0 Å². The van der Waals surface area contributed by atoms with Crippen molar-refractivity contribution in [2.45, 2.75) is 57.6 Å². The summed E-state index contributed by atoms with van der Waals surface area (Å²) in [5.41, 5.74) is 0.733. The molecule has 1 aliphatic rings. The highest BCUT2D eigenvalue weighted by atomic mass is 35.5. The number of urea groups is 1. The van der Waals surface area contributed by atoms with Crippen LogP contribution in [0.2, 0.25) is 5.02 Å². The van der Waals surface area contributed by atoms with E-state index in [2.05, 4.69) is 10.6 Å². The minimum absolute atomic E-state index is 0.0308. The summed E-state index contributed by atoms with van der Waals surface area (Å²) in [6.45, 7) is 1.43. The van der Waals surface area contributed by atoms with Gasteiger partial charge in [-0.2, -0.15) is 0 Å². The maximum absolute atomic E-state index is 12.0. The highest BCUT2D eigenvalue weighted by molar-refractivity contribution is 6.30. The maximum Gasteiger partial charge on any atom is 0.321 e. The molecule has 25 heavy (non-hydrogen) atoms. The number of hydrogen-bond acceptors (Lipinski definition) is 4. The summed E-state index contributed by atoms with van der Waals surface area (Å²) in [6.07, 6.45) is 4.18. The number of halogens is 1. The molecule has 0 saturated heterocycles. The molecule has 0 unspecified atom stereocenters. The van der Waals surface area contributed by atoms with Gasteiger partial charge in [0.25, 0.3) is 5.91 Å². The van der Waals surface area contributed by atoms with E-state index in [-0.39, 0.29) is 12.5 Å². The van der Waals surface area contributed by atoms with Crippen molar-refractivity contribution in [3.05, 3.63) is 34.9 Å². The first-order valence-corrected chi connectivity index (χ1v) is 8.87. The molecule has 0 radical (unpaired) electrons. The third kappa shape index (κ3) is 6.74. The number of nitrogens with one attached hydrogen (secondary N) is 2. The van der Waals surface area contributed by atoms with Gasteiger partial charge >= 0.3 is 12.0 Å². The maximum atomic E-state index is 12.0. The first-order valence-electron chi connectivity index (χ1n) is 8.49. The summed E-state index contributed by atoms with van der Waals surface area (Å²) < 4.78 is 5.07. The van der Waals surface area contributed by atoms with Crippen molar-refractivity contribution < 1.29 is 19.1 Å². The highest BCUT2D eigenvalue weighted by Gasteiger charge is 2.22. The summed E-state index contributed by atoms with van der Waals surface area (Å²) in [7, 11) is 0. The molecule has 6 nitrogen and oxygen atoms in total. The zero-order valence-corrected chi connectivity index (χ0v) is 15.0. The predicted octanol–water partition coefficient (Wildman–Crippen LogP) is 2.97. The van der Waals surface area contributed by atoms with Crippen molar-refractivity contribution >= 4 is 29.5 Å². The van der Waals surface area contributed by atoms with E-state index in [0.29, 0.717) is 5.02 Å². The Morgan fingerprint density at radius 1 is 1.16 bits per heavy atom. The lowest BCUT2D eigenvalue weighted by molar-refractivity contribution is -0.153. The summed E-state index contributed by atoms with van der Waals surface area (Å²) in [5, 5.41) is 5.58. The number of carbonyl (C=O) groups is 3. The van der Waals surface area contributed by atoms with E-state index in [1.807, 2.05) is 0 Å². The second kappa shape index (κ2) is 9.42. The van der Waals surface area contributed by atoms with Gasteiger partial charge < -0.3 is 10.1 Å². The smallest absolute Gasteiger partial charge is 0.321 e. The molecule has 0 aliphatic heterocycles. The first-order chi connectivity index (χ1) is 11.9. The van der Waals surface area contributed by atoms with Gasteiger partial charge in [-0.25, -0.2) is 4.79 Å². The number of rotatable bonds is 5. The van der Waals surface area contributed by atoms with Crippen molar-refractivity contribution in [2.24, 2.45) is 0 Å². The Bertz CT molecular complexity index is 612.